The summed E-state index contributed by atoms with van der Waals surface area (Å²) in [7, 11) is 1.66. The summed E-state index contributed by atoms with van der Waals surface area (Å²) in [6.07, 6.45) is 9.23. The number of carbonyl (C=O) groups excluding carboxylic acids is 2. The Hall–Kier alpha value is -3.79. The van der Waals surface area contributed by atoms with Crippen molar-refractivity contribution in [3.63, 3.8) is 0 Å². The molecule has 0 saturated heterocycles. The number of carbonyl (C=O) groups is 2. The van der Waals surface area contributed by atoms with Crippen LogP contribution in [0.15, 0.2) is 54.4 Å². The zero-order valence-corrected chi connectivity index (χ0v) is 20.4. The van der Waals surface area contributed by atoms with Gasteiger partial charge in [0.05, 0.1) is 29.3 Å². The van der Waals surface area contributed by atoms with E-state index in [2.05, 4.69) is 41.8 Å². The first-order valence-electron chi connectivity index (χ1n) is 11.7. The molecule has 0 aliphatic rings. The number of imidazole rings is 1. The Morgan fingerprint density at radius 1 is 1.09 bits per heavy atom. The molecule has 0 spiro atoms. The highest BCUT2D eigenvalue weighted by Crippen LogP contribution is 2.27. The van der Waals surface area contributed by atoms with Crippen LogP contribution in [0.1, 0.15) is 53.5 Å². The van der Waals surface area contributed by atoms with Gasteiger partial charge in [0.2, 0.25) is 5.91 Å². The van der Waals surface area contributed by atoms with Crippen LogP contribution in [0.5, 0.6) is 0 Å². The smallest absolute Gasteiger partial charge is 0.263 e. The number of amides is 2. The molecule has 1 unspecified atom stereocenters. The number of nitrogens with one attached hydrogen (secondary N) is 4. The Morgan fingerprint density at radius 3 is 2.69 bits per heavy atom. The van der Waals surface area contributed by atoms with Crippen molar-refractivity contribution in [1.29, 1.82) is 0 Å². The monoisotopic (exact) mass is 491 g/mol. The van der Waals surface area contributed by atoms with Crippen molar-refractivity contribution in [2.45, 2.75) is 38.0 Å². The third kappa shape index (κ3) is 6.63. The maximum Gasteiger partial charge on any atom is 0.263 e. The molecule has 10 heteroatoms. The molecular formula is C25H29N7O2S. The van der Waals surface area contributed by atoms with Crippen molar-refractivity contribution in [3.05, 3.63) is 65.1 Å². The minimum absolute atomic E-state index is 0.0245. The van der Waals surface area contributed by atoms with Crippen LogP contribution >= 0.6 is 11.3 Å². The molecule has 3 aromatic heterocycles. The van der Waals surface area contributed by atoms with Crippen molar-refractivity contribution < 1.29 is 9.59 Å². The molecule has 0 fully saturated rings. The average molecular weight is 492 g/mol. The van der Waals surface area contributed by atoms with Gasteiger partial charge in [-0.3, -0.25) is 19.7 Å². The predicted octanol–water partition coefficient (Wildman–Crippen LogP) is 4.13. The molecular weight excluding hydrogens is 462 g/mol. The van der Waals surface area contributed by atoms with Gasteiger partial charge in [0.1, 0.15) is 10.7 Å². The summed E-state index contributed by atoms with van der Waals surface area (Å²) in [6.45, 7) is 0.466. The number of nitrogens with zero attached hydrogens (tertiary/aromatic N) is 3. The zero-order chi connectivity index (χ0) is 24.5. The van der Waals surface area contributed by atoms with E-state index in [1.807, 2.05) is 30.5 Å². The second-order valence-corrected chi connectivity index (χ2v) is 9.16. The summed E-state index contributed by atoms with van der Waals surface area (Å²) in [6, 6.07) is 10.1. The first-order valence-corrected chi connectivity index (χ1v) is 12.5. The molecule has 9 nitrogen and oxygen atoms in total. The average Bonchev–Trinajstić information content (AvgIpc) is 3.68. The lowest BCUT2D eigenvalue weighted by Gasteiger charge is -2.15. The molecule has 0 bridgehead atoms. The molecule has 182 valence electrons. The number of hydrogen-bond acceptors (Lipinski definition) is 6. The topological polar surface area (TPSA) is 128 Å². The second-order valence-electron chi connectivity index (χ2n) is 8.28. The Labute approximate surface area is 207 Å². The Morgan fingerprint density at radius 2 is 1.94 bits per heavy atom. The molecule has 0 saturated carbocycles. The Bertz CT molecular complexity index is 1220. The summed E-state index contributed by atoms with van der Waals surface area (Å²) < 4.78 is 0. The van der Waals surface area contributed by atoms with E-state index in [-0.39, 0.29) is 17.7 Å². The maximum atomic E-state index is 12.5. The zero-order valence-electron chi connectivity index (χ0n) is 19.6. The summed E-state index contributed by atoms with van der Waals surface area (Å²) in [5.74, 6) is 0.793. The molecule has 3 heterocycles. The molecule has 4 aromatic rings. The van der Waals surface area contributed by atoms with Gasteiger partial charge in [-0.1, -0.05) is 31.0 Å². The van der Waals surface area contributed by atoms with Crippen molar-refractivity contribution in [3.8, 4) is 22.5 Å². The highest BCUT2D eigenvalue weighted by Gasteiger charge is 2.18. The molecule has 35 heavy (non-hydrogen) atoms. The largest absolute Gasteiger partial charge is 0.359 e. The van der Waals surface area contributed by atoms with E-state index in [1.165, 1.54) is 11.3 Å². The molecule has 1 aromatic carbocycles. The molecule has 4 rings (SSSR count). The van der Waals surface area contributed by atoms with Gasteiger partial charge in [0.25, 0.3) is 5.91 Å². The minimum Gasteiger partial charge on any atom is -0.359 e. The number of aromatic amines is 2. The number of unbranched alkanes of at least 4 members (excludes halogenated alkanes) is 2. The lowest BCUT2D eigenvalue weighted by atomic mass is 9.99. The Kier molecular flexibility index (Phi) is 8.39. The number of H-pyrrole nitrogens is 2. The third-order valence-electron chi connectivity index (χ3n) is 5.87. The van der Waals surface area contributed by atoms with Crippen LogP contribution in [0.3, 0.4) is 0 Å². The second kappa shape index (κ2) is 12.1. The lowest BCUT2D eigenvalue weighted by molar-refractivity contribution is -0.120. The molecule has 1 atom stereocenters. The number of rotatable bonds is 12. The Balaban J connectivity index is 1.44. The normalized spacial score (nSPS) is 11.8. The van der Waals surface area contributed by atoms with Crippen molar-refractivity contribution in [1.82, 2.24) is 35.8 Å². The number of benzene rings is 1. The van der Waals surface area contributed by atoms with Crippen LogP contribution in [-0.4, -0.2) is 50.6 Å². The molecule has 0 aliphatic heterocycles. The van der Waals surface area contributed by atoms with Crippen molar-refractivity contribution in [2.75, 3.05) is 13.6 Å². The van der Waals surface area contributed by atoms with E-state index in [4.69, 9.17) is 0 Å². The number of thiazole rings is 1. The number of aromatic nitrogens is 5. The SMILES string of the molecule is CNC(=O)CCCCCC(CNC(=O)c1cncs1)c1ncc(-c2cccc(-c3ccn[nH]3)c2)[nH]1. The van der Waals surface area contributed by atoms with Crippen LogP contribution in [0, 0.1) is 0 Å². The minimum atomic E-state index is -0.129. The van der Waals surface area contributed by atoms with Gasteiger partial charge in [-0.15, -0.1) is 11.3 Å². The van der Waals surface area contributed by atoms with Gasteiger partial charge >= 0.3 is 0 Å². The highest BCUT2D eigenvalue weighted by atomic mass is 32.1. The molecule has 4 N–H and O–H groups in total. The summed E-state index contributed by atoms with van der Waals surface area (Å²) in [5, 5.41) is 12.7. The standard InChI is InChI=1S/C25H29N7O2S/c1-26-23(33)9-4-2-3-6-19(13-29-25(34)22-15-27-16-35-22)24-28-14-21(31-24)18-8-5-7-17(12-18)20-10-11-30-32-20/h5,7-8,10-12,14-16,19H,2-4,6,9,13H2,1H3,(H,26,33)(H,28,31)(H,29,34)(H,30,32). The molecule has 0 aliphatic carbocycles. The first-order chi connectivity index (χ1) is 17.1. The number of hydrogen-bond donors (Lipinski definition) is 4. The van der Waals surface area contributed by atoms with Crippen LogP contribution < -0.4 is 10.6 Å². The lowest BCUT2D eigenvalue weighted by Crippen LogP contribution is -2.28. The van der Waals surface area contributed by atoms with E-state index >= 15 is 0 Å². The van der Waals surface area contributed by atoms with Gasteiger partial charge in [0.15, 0.2) is 0 Å². The van der Waals surface area contributed by atoms with Gasteiger partial charge in [-0.2, -0.15) is 5.10 Å². The van der Waals surface area contributed by atoms with Gasteiger partial charge < -0.3 is 15.6 Å². The van der Waals surface area contributed by atoms with E-state index in [1.54, 1.807) is 25.0 Å². The van der Waals surface area contributed by atoms with Crippen LogP contribution in [0.4, 0.5) is 0 Å². The first kappa shape index (κ1) is 24.3. The molecule has 2 amide bonds. The fraction of sp³-hybridized carbons (Fsp3) is 0.320. The third-order valence-corrected chi connectivity index (χ3v) is 6.64. The van der Waals surface area contributed by atoms with Crippen LogP contribution in [-0.2, 0) is 4.79 Å². The van der Waals surface area contributed by atoms with Gasteiger partial charge in [-0.25, -0.2) is 4.98 Å². The highest BCUT2D eigenvalue weighted by molar-refractivity contribution is 7.11. The fourth-order valence-electron chi connectivity index (χ4n) is 3.91. The van der Waals surface area contributed by atoms with Crippen molar-refractivity contribution in [2.24, 2.45) is 0 Å². The summed E-state index contributed by atoms with van der Waals surface area (Å²) in [5.41, 5.74) is 5.58. The summed E-state index contributed by atoms with van der Waals surface area (Å²) >= 11 is 1.32. The van der Waals surface area contributed by atoms with E-state index in [0.717, 1.165) is 54.0 Å². The predicted molar refractivity (Wildman–Crippen MR) is 136 cm³/mol. The van der Waals surface area contributed by atoms with Gasteiger partial charge in [-0.05, 0) is 25.0 Å². The fourth-order valence-corrected chi connectivity index (χ4v) is 4.44. The van der Waals surface area contributed by atoms with Crippen molar-refractivity contribution >= 4 is 23.2 Å². The quantitative estimate of drug-likeness (QED) is 0.222. The van der Waals surface area contributed by atoms with E-state index in [0.29, 0.717) is 17.8 Å². The van der Waals surface area contributed by atoms with Crippen LogP contribution in [0.2, 0.25) is 0 Å². The maximum absolute atomic E-state index is 12.5. The van der Waals surface area contributed by atoms with Gasteiger partial charge in [0, 0.05) is 43.3 Å². The molecule has 0 radical (unpaired) electrons. The summed E-state index contributed by atoms with van der Waals surface area (Å²) in [4.78, 5) is 36.7. The van der Waals surface area contributed by atoms with E-state index in [9.17, 15) is 9.59 Å². The van der Waals surface area contributed by atoms with E-state index < -0.39 is 0 Å². The van der Waals surface area contributed by atoms with Crippen LogP contribution in [0.25, 0.3) is 22.5 Å².